The van der Waals surface area contributed by atoms with E-state index in [4.69, 9.17) is 9.47 Å². The van der Waals surface area contributed by atoms with E-state index in [2.05, 4.69) is 23.6 Å². The zero-order chi connectivity index (χ0) is 13.3. The molecule has 0 saturated carbocycles. The first-order valence-electron chi connectivity index (χ1n) is 7.20. The standard InChI is InChI=1S/C15H24N2O2/c1-2-7-16-8-4-9-17-12-13-5-3-6-14-15(13)19-11-10-18-14/h3,5-6,16-17H,2,4,7-12H2,1H3. The van der Waals surface area contributed by atoms with Crippen LogP contribution in [0.25, 0.3) is 0 Å². The number of fused-ring (bicyclic) bond motifs is 1. The van der Waals surface area contributed by atoms with E-state index < -0.39 is 0 Å². The summed E-state index contributed by atoms with van der Waals surface area (Å²) in [5.41, 5.74) is 1.18. The summed E-state index contributed by atoms with van der Waals surface area (Å²) in [7, 11) is 0. The second-order valence-corrected chi connectivity index (χ2v) is 4.72. The first kappa shape index (κ1) is 14.2. The maximum absolute atomic E-state index is 5.69. The van der Waals surface area contributed by atoms with Crippen LogP contribution in [0.3, 0.4) is 0 Å². The molecule has 1 aromatic rings. The van der Waals surface area contributed by atoms with Crippen LogP contribution in [0, 0.1) is 0 Å². The number of para-hydroxylation sites is 1. The van der Waals surface area contributed by atoms with E-state index in [0.717, 1.165) is 44.1 Å². The molecule has 106 valence electrons. The molecule has 1 aliphatic heterocycles. The fourth-order valence-corrected chi connectivity index (χ4v) is 2.14. The molecule has 0 fully saturated rings. The highest BCUT2D eigenvalue weighted by Gasteiger charge is 2.14. The van der Waals surface area contributed by atoms with Gasteiger partial charge in [0.15, 0.2) is 11.5 Å². The molecule has 0 radical (unpaired) electrons. The lowest BCUT2D eigenvalue weighted by Gasteiger charge is -2.21. The van der Waals surface area contributed by atoms with E-state index in [1.54, 1.807) is 0 Å². The molecular formula is C15H24N2O2. The van der Waals surface area contributed by atoms with Crippen molar-refractivity contribution in [1.82, 2.24) is 10.6 Å². The number of rotatable bonds is 8. The molecule has 1 aromatic carbocycles. The first-order valence-corrected chi connectivity index (χ1v) is 7.20. The van der Waals surface area contributed by atoms with Gasteiger partial charge in [-0.15, -0.1) is 0 Å². The van der Waals surface area contributed by atoms with E-state index >= 15 is 0 Å². The quantitative estimate of drug-likeness (QED) is 0.704. The second-order valence-electron chi connectivity index (χ2n) is 4.72. The molecule has 0 aliphatic carbocycles. The summed E-state index contributed by atoms with van der Waals surface area (Å²) in [6.45, 7) is 7.51. The van der Waals surface area contributed by atoms with Crippen LogP contribution in [0.2, 0.25) is 0 Å². The van der Waals surface area contributed by atoms with Crippen LogP contribution in [0.5, 0.6) is 11.5 Å². The third-order valence-electron chi connectivity index (χ3n) is 3.10. The van der Waals surface area contributed by atoms with E-state index in [-0.39, 0.29) is 0 Å². The third kappa shape index (κ3) is 4.40. The number of hydrogen-bond acceptors (Lipinski definition) is 4. The molecule has 2 N–H and O–H groups in total. The fraction of sp³-hybridized carbons (Fsp3) is 0.600. The second kappa shape index (κ2) is 8.02. The Kier molecular flexibility index (Phi) is 5.98. The molecule has 19 heavy (non-hydrogen) atoms. The maximum atomic E-state index is 5.69. The van der Waals surface area contributed by atoms with Crippen molar-refractivity contribution < 1.29 is 9.47 Å². The number of ether oxygens (including phenoxy) is 2. The molecule has 4 heteroatoms. The van der Waals surface area contributed by atoms with Gasteiger partial charge in [-0.1, -0.05) is 19.1 Å². The minimum atomic E-state index is 0.644. The van der Waals surface area contributed by atoms with Crippen LogP contribution in [0.1, 0.15) is 25.3 Å². The minimum Gasteiger partial charge on any atom is -0.486 e. The van der Waals surface area contributed by atoms with Crippen LogP contribution >= 0.6 is 0 Å². The topological polar surface area (TPSA) is 42.5 Å². The van der Waals surface area contributed by atoms with Gasteiger partial charge in [0.2, 0.25) is 0 Å². The van der Waals surface area contributed by atoms with Crippen molar-refractivity contribution in [3.63, 3.8) is 0 Å². The number of hydrogen-bond donors (Lipinski definition) is 2. The van der Waals surface area contributed by atoms with Gasteiger partial charge in [-0.05, 0) is 38.5 Å². The van der Waals surface area contributed by atoms with Gasteiger partial charge in [0, 0.05) is 12.1 Å². The summed E-state index contributed by atoms with van der Waals surface area (Å²) in [4.78, 5) is 0. The molecule has 0 atom stereocenters. The largest absolute Gasteiger partial charge is 0.486 e. The van der Waals surface area contributed by atoms with Gasteiger partial charge in [0.05, 0.1) is 0 Å². The zero-order valence-electron chi connectivity index (χ0n) is 11.7. The Balaban J connectivity index is 1.71. The lowest BCUT2D eigenvalue weighted by atomic mass is 10.1. The highest BCUT2D eigenvalue weighted by molar-refractivity contribution is 5.47. The third-order valence-corrected chi connectivity index (χ3v) is 3.10. The molecule has 0 unspecified atom stereocenters. The molecule has 0 aromatic heterocycles. The fourth-order valence-electron chi connectivity index (χ4n) is 2.14. The van der Waals surface area contributed by atoms with Gasteiger partial charge < -0.3 is 20.1 Å². The average Bonchev–Trinajstić information content (AvgIpc) is 2.46. The Labute approximate surface area is 115 Å². The van der Waals surface area contributed by atoms with E-state index in [9.17, 15) is 0 Å². The summed E-state index contributed by atoms with van der Waals surface area (Å²) in [5.74, 6) is 1.78. The Morgan fingerprint density at radius 3 is 2.79 bits per heavy atom. The van der Waals surface area contributed by atoms with Gasteiger partial charge in [-0.2, -0.15) is 0 Å². The van der Waals surface area contributed by atoms with Crippen molar-refractivity contribution in [2.45, 2.75) is 26.3 Å². The molecule has 1 heterocycles. The summed E-state index contributed by atoms with van der Waals surface area (Å²) in [5, 5.41) is 6.85. The van der Waals surface area contributed by atoms with E-state index in [0.29, 0.717) is 13.2 Å². The smallest absolute Gasteiger partial charge is 0.165 e. The van der Waals surface area contributed by atoms with E-state index in [1.165, 1.54) is 12.0 Å². The number of nitrogens with one attached hydrogen (secondary N) is 2. The predicted octanol–water partition coefficient (Wildman–Crippen LogP) is 1.94. The van der Waals surface area contributed by atoms with Crippen molar-refractivity contribution in [2.24, 2.45) is 0 Å². The van der Waals surface area contributed by atoms with Gasteiger partial charge in [-0.3, -0.25) is 0 Å². The van der Waals surface area contributed by atoms with Crippen LogP contribution < -0.4 is 20.1 Å². The van der Waals surface area contributed by atoms with Crippen molar-refractivity contribution >= 4 is 0 Å². The summed E-state index contributed by atoms with van der Waals surface area (Å²) in [6.07, 6.45) is 2.34. The van der Waals surface area contributed by atoms with Gasteiger partial charge >= 0.3 is 0 Å². The van der Waals surface area contributed by atoms with Gasteiger partial charge in [0.1, 0.15) is 13.2 Å². The Hall–Kier alpha value is -1.26. The summed E-state index contributed by atoms with van der Waals surface area (Å²) < 4.78 is 11.3. The lowest BCUT2D eigenvalue weighted by Crippen LogP contribution is -2.23. The van der Waals surface area contributed by atoms with Crippen LogP contribution in [0.15, 0.2) is 18.2 Å². The van der Waals surface area contributed by atoms with Gasteiger partial charge in [-0.25, -0.2) is 0 Å². The van der Waals surface area contributed by atoms with E-state index in [1.807, 2.05) is 12.1 Å². The van der Waals surface area contributed by atoms with Crippen molar-refractivity contribution in [2.75, 3.05) is 32.8 Å². The molecule has 1 aliphatic rings. The highest BCUT2D eigenvalue weighted by Crippen LogP contribution is 2.33. The van der Waals surface area contributed by atoms with Crippen LogP contribution in [0.4, 0.5) is 0 Å². The molecular weight excluding hydrogens is 240 g/mol. The normalized spacial score (nSPS) is 13.5. The zero-order valence-corrected chi connectivity index (χ0v) is 11.7. The predicted molar refractivity (Wildman–Crippen MR) is 76.9 cm³/mol. The number of benzene rings is 1. The molecule has 0 spiro atoms. The Bertz CT molecular complexity index is 382. The first-order chi connectivity index (χ1) is 9.42. The molecule has 0 amide bonds. The lowest BCUT2D eigenvalue weighted by molar-refractivity contribution is 0.169. The van der Waals surface area contributed by atoms with Crippen molar-refractivity contribution in [3.05, 3.63) is 23.8 Å². The average molecular weight is 264 g/mol. The summed E-state index contributed by atoms with van der Waals surface area (Å²) >= 11 is 0. The monoisotopic (exact) mass is 264 g/mol. The molecule has 4 nitrogen and oxygen atoms in total. The van der Waals surface area contributed by atoms with Crippen molar-refractivity contribution in [1.29, 1.82) is 0 Å². The van der Waals surface area contributed by atoms with Crippen molar-refractivity contribution in [3.8, 4) is 11.5 Å². The molecule has 2 rings (SSSR count). The van der Waals surface area contributed by atoms with Crippen LogP contribution in [-0.4, -0.2) is 32.8 Å². The van der Waals surface area contributed by atoms with Gasteiger partial charge in [0.25, 0.3) is 0 Å². The molecule has 0 bridgehead atoms. The maximum Gasteiger partial charge on any atom is 0.165 e. The Morgan fingerprint density at radius 2 is 1.89 bits per heavy atom. The van der Waals surface area contributed by atoms with Crippen LogP contribution in [-0.2, 0) is 6.54 Å². The highest BCUT2D eigenvalue weighted by atomic mass is 16.6. The summed E-state index contributed by atoms with van der Waals surface area (Å²) in [6, 6.07) is 6.08. The SMILES string of the molecule is CCCNCCCNCc1cccc2c1OCCO2. The molecule has 0 saturated heterocycles. The Morgan fingerprint density at radius 1 is 1.05 bits per heavy atom. The minimum absolute atomic E-state index is 0.644.